The smallest absolute Gasteiger partial charge is 0.267 e. The highest BCUT2D eigenvalue weighted by atomic mass is 35.5. The molecule has 6 nitrogen and oxygen atoms in total. The maximum atomic E-state index is 12.5. The third-order valence-electron chi connectivity index (χ3n) is 4.78. The summed E-state index contributed by atoms with van der Waals surface area (Å²) >= 11 is 6.09. The van der Waals surface area contributed by atoms with Crippen LogP contribution in [0.3, 0.4) is 0 Å². The van der Waals surface area contributed by atoms with Crippen LogP contribution in [0.4, 0.5) is 0 Å². The molecule has 0 aliphatic heterocycles. The number of ether oxygens (including phenoxy) is 2. The topological polar surface area (TPSA) is 79.1 Å². The number of aromatic nitrogens is 2. The van der Waals surface area contributed by atoms with Crippen LogP contribution in [0.25, 0.3) is 21.8 Å². The Bertz CT molecular complexity index is 1120. The van der Waals surface area contributed by atoms with E-state index in [0.717, 1.165) is 27.4 Å². The molecule has 4 aromatic rings. The predicted molar refractivity (Wildman–Crippen MR) is 111 cm³/mol. The van der Waals surface area contributed by atoms with E-state index in [1.165, 1.54) is 0 Å². The second kappa shape index (κ2) is 7.48. The number of methoxy groups -OCH3 is 2. The molecule has 0 saturated heterocycles. The van der Waals surface area contributed by atoms with Crippen LogP contribution in [0.15, 0.2) is 42.6 Å². The van der Waals surface area contributed by atoms with Crippen molar-refractivity contribution in [3.8, 4) is 11.5 Å². The molecule has 0 spiro atoms. The van der Waals surface area contributed by atoms with Crippen molar-refractivity contribution in [3.05, 3.63) is 58.9 Å². The third-order valence-corrected chi connectivity index (χ3v) is 5.01. The minimum atomic E-state index is -0.160. The summed E-state index contributed by atoms with van der Waals surface area (Å²) in [6.07, 6.45) is 2.66. The van der Waals surface area contributed by atoms with Gasteiger partial charge in [-0.05, 0) is 42.3 Å². The molecule has 3 N–H and O–H groups in total. The van der Waals surface area contributed by atoms with Gasteiger partial charge >= 0.3 is 0 Å². The monoisotopic (exact) mass is 397 g/mol. The normalized spacial score (nSPS) is 11.1. The van der Waals surface area contributed by atoms with E-state index >= 15 is 0 Å². The molecule has 0 radical (unpaired) electrons. The first-order valence-electron chi connectivity index (χ1n) is 8.87. The van der Waals surface area contributed by atoms with Gasteiger partial charge in [-0.1, -0.05) is 11.6 Å². The fourth-order valence-electron chi connectivity index (χ4n) is 3.34. The molecule has 2 aromatic heterocycles. The van der Waals surface area contributed by atoms with Crippen molar-refractivity contribution >= 4 is 39.3 Å². The number of halogens is 1. The van der Waals surface area contributed by atoms with Crippen molar-refractivity contribution in [2.24, 2.45) is 0 Å². The van der Waals surface area contributed by atoms with Gasteiger partial charge < -0.3 is 24.8 Å². The quantitative estimate of drug-likeness (QED) is 0.454. The molecule has 0 aliphatic carbocycles. The summed E-state index contributed by atoms with van der Waals surface area (Å²) < 4.78 is 10.6. The van der Waals surface area contributed by atoms with Gasteiger partial charge in [0.05, 0.1) is 14.2 Å². The Labute approximate surface area is 166 Å². The second-order valence-electron chi connectivity index (χ2n) is 6.49. The molecule has 0 atom stereocenters. The maximum Gasteiger partial charge on any atom is 0.267 e. The van der Waals surface area contributed by atoms with Crippen LogP contribution in [-0.2, 0) is 6.42 Å². The lowest BCUT2D eigenvalue weighted by Crippen LogP contribution is -2.25. The van der Waals surface area contributed by atoms with Crippen molar-refractivity contribution < 1.29 is 14.3 Å². The van der Waals surface area contributed by atoms with E-state index < -0.39 is 0 Å². The van der Waals surface area contributed by atoms with Crippen LogP contribution < -0.4 is 14.8 Å². The zero-order valence-corrected chi connectivity index (χ0v) is 16.3. The number of benzene rings is 2. The zero-order chi connectivity index (χ0) is 19.7. The molecule has 0 unspecified atom stereocenters. The molecular formula is C21H20ClN3O3. The predicted octanol–water partition coefficient (Wildman–Crippen LogP) is 4.29. The number of carbonyl (C=O) groups is 1. The van der Waals surface area contributed by atoms with Crippen LogP contribution in [-0.4, -0.2) is 36.6 Å². The Balaban J connectivity index is 1.46. The Morgan fingerprint density at radius 3 is 2.64 bits per heavy atom. The lowest BCUT2D eigenvalue weighted by atomic mass is 10.1. The fourth-order valence-corrected chi connectivity index (χ4v) is 3.52. The van der Waals surface area contributed by atoms with Crippen molar-refractivity contribution in [2.75, 3.05) is 20.8 Å². The fraction of sp³-hybridized carbons (Fsp3) is 0.190. The summed E-state index contributed by atoms with van der Waals surface area (Å²) in [5.41, 5.74) is 3.45. The van der Waals surface area contributed by atoms with Crippen LogP contribution in [0.2, 0.25) is 5.02 Å². The summed E-state index contributed by atoms with van der Waals surface area (Å²) in [4.78, 5) is 18.9. The summed E-state index contributed by atoms with van der Waals surface area (Å²) in [7, 11) is 3.17. The van der Waals surface area contributed by atoms with Gasteiger partial charge in [0, 0.05) is 45.6 Å². The molecule has 7 heteroatoms. The molecule has 2 aromatic carbocycles. The van der Waals surface area contributed by atoms with Gasteiger partial charge in [0.15, 0.2) is 11.5 Å². The Kier molecular flexibility index (Phi) is 4.88. The lowest BCUT2D eigenvalue weighted by molar-refractivity contribution is 0.0950. The molecular weight excluding hydrogens is 378 g/mol. The van der Waals surface area contributed by atoms with Crippen molar-refractivity contribution in [2.45, 2.75) is 6.42 Å². The summed E-state index contributed by atoms with van der Waals surface area (Å²) in [5.74, 6) is 1.08. The number of hydrogen-bond donors (Lipinski definition) is 3. The van der Waals surface area contributed by atoms with E-state index in [-0.39, 0.29) is 5.91 Å². The SMILES string of the molecule is COc1cc2cc(C(=O)NCCc3c[nH]c4ccc(Cl)cc34)[nH]c2cc1OC. The van der Waals surface area contributed by atoms with E-state index in [2.05, 4.69) is 15.3 Å². The summed E-state index contributed by atoms with van der Waals surface area (Å²) in [5, 5.41) is 5.61. The molecule has 0 aliphatic rings. The van der Waals surface area contributed by atoms with Gasteiger partial charge in [0.25, 0.3) is 5.91 Å². The number of hydrogen-bond acceptors (Lipinski definition) is 3. The highest BCUT2D eigenvalue weighted by Gasteiger charge is 2.13. The molecule has 0 saturated carbocycles. The zero-order valence-electron chi connectivity index (χ0n) is 15.6. The van der Waals surface area contributed by atoms with Gasteiger partial charge in [0.1, 0.15) is 5.69 Å². The van der Waals surface area contributed by atoms with E-state index in [1.54, 1.807) is 20.3 Å². The first kappa shape index (κ1) is 18.3. The van der Waals surface area contributed by atoms with E-state index in [9.17, 15) is 4.79 Å². The summed E-state index contributed by atoms with van der Waals surface area (Å²) in [6, 6.07) is 11.2. The second-order valence-corrected chi connectivity index (χ2v) is 6.92. The van der Waals surface area contributed by atoms with E-state index in [0.29, 0.717) is 35.2 Å². The number of amides is 1. The number of nitrogens with one attached hydrogen (secondary N) is 3. The molecule has 28 heavy (non-hydrogen) atoms. The Hall–Kier alpha value is -3.12. The molecule has 2 heterocycles. The average Bonchev–Trinajstić information content (AvgIpc) is 3.30. The minimum Gasteiger partial charge on any atom is -0.493 e. The maximum absolute atomic E-state index is 12.5. The highest BCUT2D eigenvalue weighted by Crippen LogP contribution is 2.32. The first-order valence-corrected chi connectivity index (χ1v) is 9.25. The highest BCUT2D eigenvalue weighted by molar-refractivity contribution is 6.31. The van der Waals surface area contributed by atoms with E-state index in [4.69, 9.17) is 21.1 Å². The summed E-state index contributed by atoms with van der Waals surface area (Å²) in [6.45, 7) is 0.514. The molecule has 1 amide bonds. The van der Waals surface area contributed by atoms with Crippen LogP contribution in [0.1, 0.15) is 16.1 Å². The number of aromatic amines is 2. The Morgan fingerprint density at radius 2 is 1.86 bits per heavy atom. The molecule has 4 rings (SSSR count). The number of carbonyl (C=O) groups excluding carboxylic acids is 1. The van der Waals surface area contributed by atoms with Gasteiger partial charge in [0.2, 0.25) is 0 Å². The lowest BCUT2D eigenvalue weighted by Gasteiger charge is -2.06. The van der Waals surface area contributed by atoms with Gasteiger partial charge in [-0.25, -0.2) is 0 Å². The average molecular weight is 398 g/mol. The molecule has 144 valence electrons. The number of fused-ring (bicyclic) bond motifs is 2. The minimum absolute atomic E-state index is 0.160. The van der Waals surface area contributed by atoms with Gasteiger partial charge in [-0.3, -0.25) is 4.79 Å². The van der Waals surface area contributed by atoms with Gasteiger partial charge in [-0.15, -0.1) is 0 Å². The van der Waals surface area contributed by atoms with Crippen LogP contribution in [0.5, 0.6) is 11.5 Å². The first-order chi connectivity index (χ1) is 13.6. The van der Waals surface area contributed by atoms with Crippen molar-refractivity contribution in [3.63, 3.8) is 0 Å². The molecule has 0 fully saturated rings. The molecule has 0 bridgehead atoms. The Morgan fingerprint density at radius 1 is 1.07 bits per heavy atom. The standard InChI is InChI=1S/C21H20ClN3O3/c1-27-19-8-13-7-18(25-17(13)10-20(19)28-2)21(26)23-6-5-12-11-24-16-4-3-14(22)9-15(12)16/h3-4,7-11,24-25H,5-6H2,1-2H3,(H,23,26). The number of rotatable bonds is 6. The van der Waals surface area contributed by atoms with Crippen molar-refractivity contribution in [1.29, 1.82) is 0 Å². The van der Waals surface area contributed by atoms with Crippen molar-refractivity contribution in [1.82, 2.24) is 15.3 Å². The number of H-pyrrole nitrogens is 2. The van der Waals surface area contributed by atoms with E-state index in [1.807, 2.05) is 36.5 Å². The largest absolute Gasteiger partial charge is 0.493 e. The van der Waals surface area contributed by atoms with Crippen LogP contribution >= 0.6 is 11.6 Å². The van der Waals surface area contributed by atoms with Crippen LogP contribution in [0, 0.1) is 0 Å². The van der Waals surface area contributed by atoms with Gasteiger partial charge in [-0.2, -0.15) is 0 Å². The third kappa shape index (κ3) is 3.39.